The van der Waals surface area contributed by atoms with Crippen LogP contribution in [0.1, 0.15) is 12.0 Å². The summed E-state index contributed by atoms with van der Waals surface area (Å²) in [6.07, 6.45) is 0.798. The van der Waals surface area contributed by atoms with E-state index in [1.807, 2.05) is 18.2 Å². The molecule has 0 aliphatic carbocycles. The Morgan fingerprint density at radius 1 is 1.48 bits per heavy atom. The summed E-state index contributed by atoms with van der Waals surface area (Å²) >= 11 is 3.42. The molecule has 1 fully saturated rings. The molecule has 114 valence electrons. The number of amides is 2. The summed E-state index contributed by atoms with van der Waals surface area (Å²) in [6.45, 7) is 1.56. The minimum atomic E-state index is -0.780. The number of hydrogen-bond acceptors (Lipinski definition) is 3. The molecular weight excluding hydrogens is 356 g/mol. The maximum absolute atomic E-state index is 12.3. The lowest BCUT2D eigenvalue weighted by molar-refractivity contribution is 0.185. The zero-order chi connectivity index (χ0) is 14.8. The minimum absolute atomic E-state index is 0.0342. The molecule has 2 amide bonds. The normalized spacial score (nSPS) is 24.9. The molecule has 2 atom stereocenters. The Morgan fingerprint density at radius 3 is 3.10 bits per heavy atom. The molecule has 0 spiro atoms. The van der Waals surface area contributed by atoms with Crippen molar-refractivity contribution in [1.29, 1.82) is 0 Å². The summed E-state index contributed by atoms with van der Waals surface area (Å²) in [5.74, 6) is 2.08. The van der Waals surface area contributed by atoms with Crippen LogP contribution in [0.4, 0.5) is 4.79 Å². The van der Waals surface area contributed by atoms with Gasteiger partial charge in [-0.3, -0.25) is 4.21 Å². The number of halogens is 1. The Labute approximate surface area is 134 Å². The van der Waals surface area contributed by atoms with E-state index >= 15 is 0 Å². The molecular formula is C14H17BrN2O3S. The van der Waals surface area contributed by atoms with E-state index in [2.05, 4.69) is 21.2 Å². The predicted octanol–water partition coefficient (Wildman–Crippen LogP) is 1.87. The van der Waals surface area contributed by atoms with Gasteiger partial charge in [-0.2, -0.15) is 0 Å². The first-order chi connectivity index (χ1) is 10.1. The number of carbonyl (C=O) groups is 1. The smallest absolute Gasteiger partial charge is 0.318 e. The third-order valence-corrected chi connectivity index (χ3v) is 5.66. The number of nitrogens with one attached hydrogen (secondary N) is 1. The van der Waals surface area contributed by atoms with Gasteiger partial charge in [-0.05, 0) is 18.6 Å². The van der Waals surface area contributed by atoms with E-state index in [9.17, 15) is 9.00 Å². The number of urea groups is 1. The first-order valence-corrected chi connectivity index (χ1v) is 9.21. The fourth-order valence-corrected chi connectivity index (χ4v) is 4.31. The van der Waals surface area contributed by atoms with E-state index in [0.29, 0.717) is 31.2 Å². The van der Waals surface area contributed by atoms with Crippen LogP contribution in [0.5, 0.6) is 5.75 Å². The van der Waals surface area contributed by atoms with Crippen molar-refractivity contribution in [3.05, 3.63) is 28.2 Å². The quantitative estimate of drug-likeness (QED) is 0.818. The second-order valence-corrected chi connectivity index (χ2v) is 7.80. The number of carbonyl (C=O) groups excluding carboxylic acids is 1. The number of hydrogen-bond donors (Lipinski definition) is 1. The molecule has 1 N–H and O–H groups in total. The molecule has 2 aliphatic rings. The molecule has 7 heteroatoms. The molecule has 2 aliphatic heterocycles. The zero-order valence-corrected chi connectivity index (χ0v) is 13.9. The SMILES string of the molecule is O=C(NC1CCS(=O)C1)N1CCOc2cc(Br)ccc2C1. The van der Waals surface area contributed by atoms with Gasteiger partial charge in [0.05, 0.1) is 13.1 Å². The van der Waals surface area contributed by atoms with Gasteiger partial charge in [0.1, 0.15) is 12.4 Å². The monoisotopic (exact) mass is 372 g/mol. The fourth-order valence-electron chi connectivity index (χ4n) is 2.56. The van der Waals surface area contributed by atoms with Gasteiger partial charge >= 0.3 is 6.03 Å². The fraction of sp³-hybridized carbons (Fsp3) is 0.500. The summed E-state index contributed by atoms with van der Waals surface area (Å²) in [5.41, 5.74) is 1.00. The first kappa shape index (κ1) is 14.8. The van der Waals surface area contributed by atoms with Crippen molar-refractivity contribution in [1.82, 2.24) is 10.2 Å². The lowest BCUT2D eigenvalue weighted by atomic mass is 10.2. The Morgan fingerprint density at radius 2 is 2.33 bits per heavy atom. The molecule has 2 unspecified atom stereocenters. The van der Waals surface area contributed by atoms with Crippen molar-refractivity contribution in [2.45, 2.75) is 19.0 Å². The Kier molecular flexibility index (Phi) is 4.49. The summed E-state index contributed by atoms with van der Waals surface area (Å²) in [4.78, 5) is 14.1. The third kappa shape index (κ3) is 3.58. The topological polar surface area (TPSA) is 58.6 Å². The van der Waals surface area contributed by atoms with Crippen LogP contribution in [0, 0.1) is 0 Å². The first-order valence-electron chi connectivity index (χ1n) is 6.93. The van der Waals surface area contributed by atoms with Gasteiger partial charge in [0.25, 0.3) is 0 Å². The van der Waals surface area contributed by atoms with Crippen molar-refractivity contribution in [2.75, 3.05) is 24.7 Å². The highest BCUT2D eigenvalue weighted by Gasteiger charge is 2.26. The van der Waals surface area contributed by atoms with E-state index in [4.69, 9.17) is 4.74 Å². The summed E-state index contributed by atoms with van der Waals surface area (Å²) in [5, 5.41) is 2.98. The average Bonchev–Trinajstić information content (AvgIpc) is 2.73. The van der Waals surface area contributed by atoms with E-state index < -0.39 is 10.8 Å². The third-order valence-electron chi connectivity index (χ3n) is 3.71. The van der Waals surface area contributed by atoms with Gasteiger partial charge < -0.3 is 15.0 Å². The summed E-state index contributed by atoms with van der Waals surface area (Å²) < 4.78 is 18.0. The highest BCUT2D eigenvalue weighted by Crippen LogP contribution is 2.27. The largest absolute Gasteiger partial charge is 0.491 e. The summed E-state index contributed by atoms with van der Waals surface area (Å²) in [6, 6.07) is 5.78. The molecule has 2 heterocycles. The van der Waals surface area contributed by atoms with Gasteiger partial charge in [0.15, 0.2) is 0 Å². The zero-order valence-electron chi connectivity index (χ0n) is 11.5. The van der Waals surface area contributed by atoms with Crippen molar-refractivity contribution in [2.24, 2.45) is 0 Å². The van der Waals surface area contributed by atoms with Crippen molar-refractivity contribution in [3.8, 4) is 5.75 Å². The van der Waals surface area contributed by atoms with Crippen LogP contribution in [0.3, 0.4) is 0 Å². The van der Waals surface area contributed by atoms with Crippen LogP contribution in [0.25, 0.3) is 0 Å². The van der Waals surface area contributed by atoms with E-state index in [1.165, 1.54) is 0 Å². The molecule has 1 saturated heterocycles. The van der Waals surface area contributed by atoms with Gasteiger partial charge in [-0.25, -0.2) is 4.79 Å². The minimum Gasteiger partial charge on any atom is -0.491 e. The van der Waals surface area contributed by atoms with Gasteiger partial charge in [0, 0.05) is 38.4 Å². The van der Waals surface area contributed by atoms with Gasteiger partial charge in [-0.15, -0.1) is 0 Å². The Hall–Kier alpha value is -1.08. The summed E-state index contributed by atoms with van der Waals surface area (Å²) in [7, 11) is -0.780. The van der Waals surface area contributed by atoms with Crippen LogP contribution in [0.2, 0.25) is 0 Å². The van der Waals surface area contributed by atoms with Gasteiger partial charge in [0.2, 0.25) is 0 Å². The van der Waals surface area contributed by atoms with Crippen LogP contribution in [-0.2, 0) is 17.3 Å². The van der Waals surface area contributed by atoms with E-state index in [0.717, 1.165) is 22.2 Å². The standard InChI is InChI=1S/C14H17BrN2O3S/c15-11-2-1-10-8-17(4-5-20-13(10)7-11)14(18)16-12-3-6-21(19)9-12/h1-2,7,12H,3-6,8-9H2,(H,16,18). The maximum atomic E-state index is 12.3. The average molecular weight is 373 g/mol. The van der Waals surface area contributed by atoms with E-state index in [-0.39, 0.29) is 12.1 Å². The van der Waals surface area contributed by atoms with Crippen LogP contribution in [0.15, 0.2) is 22.7 Å². The maximum Gasteiger partial charge on any atom is 0.318 e. The van der Waals surface area contributed by atoms with Crippen LogP contribution < -0.4 is 10.1 Å². The molecule has 3 rings (SSSR count). The van der Waals surface area contributed by atoms with Crippen LogP contribution in [-0.4, -0.2) is 45.8 Å². The predicted molar refractivity (Wildman–Crippen MR) is 84.9 cm³/mol. The molecule has 5 nitrogen and oxygen atoms in total. The number of ether oxygens (including phenoxy) is 1. The second kappa shape index (κ2) is 6.36. The van der Waals surface area contributed by atoms with Crippen molar-refractivity contribution >= 4 is 32.8 Å². The highest BCUT2D eigenvalue weighted by molar-refractivity contribution is 9.10. The number of fused-ring (bicyclic) bond motifs is 1. The molecule has 1 aromatic rings. The van der Waals surface area contributed by atoms with Crippen molar-refractivity contribution < 1.29 is 13.7 Å². The molecule has 1 aromatic carbocycles. The highest BCUT2D eigenvalue weighted by atomic mass is 79.9. The number of nitrogens with zero attached hydrogens (tertiary/aromatic N) is 1. The Balaban J connectivity index is 1.67. The number of benzene rings is 1. The van der Waals surface area contributed by atoms with Crippen molar-refractivity contribution in [3.63, 3.8) is 0 Å². The Bertz CT molecular complexity index is 581. The molecule has 0 aromatic heterocycles. The van der Waals surface area contributed by atoms with Crippen LogP contribution >= 0.6 is 15.9 Å². The second-order valence-electron chi connectivity index (χ2n) is 5.27. The molecule has 0 radical (unpaired) electrons. The van der Waals surface area contributed by atoms with E-state index in [1.54, 1.807) is 4.90 Å². The molecule has 0 saturated carbocycles. The molecule has 21 heavy (non-hydrogen) atoms. The lowest BCUT2D eigenvalue weighted by Crippen LogP contribution is -2.45. The molecule has 0 bridgehead atoms. The number of rotatable bonds is 1. The lowest BCUT2D eigenvalue weighted by Gasteiger charge is -2.22. The van der Waals surface area contributed by atoms with Gasteiger partial charge in [-0.1, -0.05) is 22.0 Å².